The molecular formula is C23H30N2O3S. The molecule has 0 saturated heterocycles. The number of benzene rings is 2. The van der Waals surface area contributed by atoms with Crippen LogP contribution in [0.3, 0.4) is 0 Å². The summed E-state index contributed by atoms with van der Waals surface area (Å²) in [5, 5.41) is 2.69. The summed E-state index contributed by atoms with van der Waals surface area (Å²) in [6.45, 7) is 2.46. The zero-order valence-electron chi connectivity index (χ0n) is 17.4. The van der Waals surface area contributed by atoms with Gasteiger partial charge in [0.15, 0.2) is 0 Å². The van der Waals surface area contributed by atoms with Crippen molar-refractivity contribution in [3.8, 4) is 5.75 Å². The summed E-state index contributed by atoms with van der Waals surface area (Å²) in [5.41, 5.74) is 2.29. The molecule has 2 aromatic rings. The molecule has 0 unspecified atom stereocenters. The van der Waals surface area contributed by atoms with Crippen molar-refractivity contribution in [1.29, 1.82) is 0 Å². The fourth-order valence-corrected chi connectivity index (χ4v) is 3.99. The lowest BCUT2D eigenvalue weighted by Crippen LogP contribution is -2.50. The Bertz CT molecular complexity index is 765. The van der Waals surface area contributed by atoms with E-state index in [9.17, 15) is 9.59 Å². The number of thioether (sulfide) groups is 1. The Morgan fingerprint density at radius 2 is 1.76 bits per heavy atom. The molecule has 0 aliphatic rings. The molecule has 6 heteroatoms. The Hall–Kier alpha value is -2.47. The molecule has 0 fully saturated rings. The highest BCUT2D eigenvalue weighted by Gasteiger charge is 2.27. The van der Waals surface area contributed by atoms with Gasteiger partial charge in [0.05, 0.1) is 12.9 Å². The molecule has 2 rings (SSSR count). The fourth-order valence-electron chi connectivity index (χ4n) is 3.12. The van der Waals surface area contributed by atoms with Gasteiger partial charge in [-0.1, -0.05) is 49.4 Å². The number of nitrogens with zero attached hydrogens (tertiary/aromatic N) is 1. The third-order valence-electron chi connectivity index (χ3n) is 4.77. The number of rotatable bonds is 11. The number of carbonyl (C=O) groups excluding carboxylic acids is 2. The maximum Gasteiger partial charge on any atom is 0.242 e. The van der Waals surface area contributed by atoms with E-state index in [2.05, 4.69) is 5.32 Å². The summed E-state index contributed by atoms with van der Waals surface area (Å²) in [6.07, 6.45) is 1.31. The van der Waals surface area contributed by atoms with Crippen molar-refractivity contribution in [1.82, 2.24) is 10.2 Å². The number of methoxy groups -OCH3 is 1. The number of ether oxygens (including phenoxy) is 1. The molecule has 0 aliphatic carbocycles. The average Bonchev–Trinajstić information content (AvgIpc) is 2.77. The van der Waals surface area contributed by atoms with Gasteiger partial charge in [0.2, 0.25) is 11.8 Å². The van der Waals surface area contributed by atoms with E-state index in [0.717, 1.165) is 29.1 Å². The number of nitrogens with one attached hydrogen (secondary N) is 1. The first-order valence-electron chi connectivity index (χ1n) is 9.84. The van der Waals surface area contributed by atoms with Crippen LogP contribution >= 0.6 is 11.8 Å². The highest BCUT2D eigenvalue weighted by atomic mass is 32.2. The minimum atomic E-state index is -0.446. The van der Waals surface area contributed by atoms with Crippen molar-refractivity contribution < 1.29 is 14.3 Å². The summed E-state index contributed by atoms with van der Waals surface area (Å²) in [5.74, 6) is 1.77. The predicted octanol–water partition coefficient (Wildman–Crippen LogP) is 3.52. The largest absolute Gasteiger partial charge is 0.497 e. The SMILES string of the molecule is CC[C@H](C(=O)NC)N(CCc1ccccc1)C(=O)CSCc1ccc(OC)cc1. The lowest BCUT2D eigenvalue weighted by Gasteiger charge is -2.30. The van der Waals surface area contributed by atoms with E-state index < -0.39 is 6.04 Å². The normalized spacial score (nSPS) is 11.6. The summed E-state index contributed by atoms with van der Waals surface area (Å²) < 4.78 is 5.17. The van der Waals surface area contributed by atoms with Gasteiger partial charge in [0.25, 0.3) is 0 Å². The standard InChI is InChI=1S/C23H30N2O3S/c1-4-21(23(27)24-2)25(15-14-18-8-6-5-7-9-18)22(26)17-29-16-19-10-12-20(28-3)13-11-19/h5-13,21H,4,14-17H2,1-3H3,(H,24,27)/t21-/m1/s1. The zero-order valence-corrected chi connectivity index (χ0v) is 18.2. The first-order chi connectivity index (χ1) is 14.1. The maximum absolute atomic E-state index is 13.0. The molecule has 1 N–H and O–H groups in total. The Labute approximate surface area is 177 Å². The van der Waals surface area contributed by atoms with Crippen molar-refractivity contribution in [3.63, 3.8) is 0 Å². The van der Waals surface area contributed by atoms with Gasteiger partial charge in [0.1, 0.15) is 11.8 Å². The second kappa shape index (κ2) is 12.2. The smallest absolute Gasteiger partial charge is 0.242 e. The van der Waals surface area contributed by atoms with Crippen LogP contribution in [0.4, 0.5) is 0 Å². The molecule has 0 heterocycles. The Kier molecular flexibility index (Phi) is 9.57. The molecule has 0 radical (unpaired) electrons. The Balaban J connectivity index is 1.99. The van der Waals surface area contributed by atoms with E-state index in [1.54, 1.807) is 30.8 Å². The lowest BCUT2D eigenvalue weighted by atomic mass is 10.1. The second-order valence-corrected chi connectivity index (χ2v) is 7.69. The average molecular weight is 415 g/mol. The molecule has 0 aromatic heterocycles. The van der Waals surface area contributed by atoms with Gasteiger partial charge < -0.3 is 15.0 Å². The van der Waals surface area contributed by atoms with Crippen LogP contribution in [0.15, 0.2) is 54.6 Å². The first-order valence-corrected chi connectivity index (χ1v) is 11.0. The van der Waals surface area contributed by atoms with Crippen molar-refractivity contribution in [3.05, 3.63) is 65.7 Å². The summed E-state index contributed by atoms with van der Waals surface area (Å²) in [6, 6.07) is 17.4. The van der Waals surface area contributed by atoms with Crippen LogP contribution < -0.4 is 10.1 Å². The van der Waals surface area contributed by atoms with Crippen LogP contribution in [0.25, 0.3) is 0 Å². The van der Waals surface area contributed by atoms with Crippen molar-refractivity contribution in [2.24, 2.45) is 0 Å². The van der Waals surface area contributed by atoms with Gasteiger partial charge in [-0.05, 0) is 36.1 Å². The molecule has 2 aromatic carbocycles. The van der Waals surface area contributed by atoms with E-state index in [-0.39, 0.29) is 11.8 Å². The van der Waals surface area contributed by atoms with E-state index in [1.807, 2.05) is 61.5 Å². The molecule has 29 heavy (non-hydrogen) atoms. The van der Waals surface area contributed by atoms with Gasteiger partial charge in [0, 0.05) is 19.3 Å². The van der Waals surface area contributed by atoms with Crippen molar-refractivity contribution >= 4 is 23.6 Å². The summed E-state index contributed by atoms with van der Waals surface area (Å²) >= 11 is 1.56. The van der Waals surface area contributed by atoms with Crippen LogP contribution in [-0.4, -0.2) is 49.2 Å². The molecule has 0 spiro atoms. The monoisotopic (exact) mass is 414 g/mol. The maximum atomic E-state index is 13.0. The molecule has 2 amide bonds. The second-order valence-electron chi connectivity index (χ2n) is 6.70. The van der Waals surface area contributed by atoms with Gasteiger partial charge >= 0.3 is 0 Å². The minimum absolute atomic E-state index is 0.00473. The molecule has 156 valence electrons. The predicted molar refractivity (Wildman–Crippen MR) is 119 cm³/mol. The number of amides is 2. The quantitative estimate of drug-likeness (QED) is 0.611. The zero-order chi connectivity index (χ0) is 21.1. The lowest BCUT2D eigenvalue weighted by molar-refractivity contribution is -0.138. The van der Waals surface area contributed by atoms with E-state index in [4.69, 9.17) is 4.74 Å². The van der Waals surface area contributed by atoms with Gasteiger partial charge in [-0.2, -0.15) is 0 Å². The topological polar surface area (TPSA) is 58.6 Å². The Morgan fingerprint density at radius 1 is 1.07 bits per heavy atom. The highest BCUT2D eigenvalue weighted by molar-refractivity contribution is 7.99. The molecule has 0 bridgehead atoms. The number of likely N-dealkylation sites (N-methyl/N-ethyl adjacent to an activating group) is 1. The van der Waals surface area contributed by atoms with Crippen molar-refractivity contribution in [2.75, 3.05) is 26.5 Å². The minimum Gasteiger partial charge on any atom is -0.497 e. The van der Waals surface area contributed by atoms with Crippen molar-refractivity contribution in [2.45, 2.75) is 31.6 Å². The van der Waals surface area contributed by atoms with Crippen LogP contribution in [0.2, 0.25) is 0 Å². The third-order valence-corrected chi connectivity index (χ3v) is 5.76. The van der Waals surface area contributed by atoms with E-state index in [0.29, 0.717) is 18.7 Å². The van der Waals surface area contributed by atoms with Crippen LogP contribution in [0.5, 0.6) is 5.75 Å². The van der Waals surface area contributed by atoms with Gasteiger partial charge in [-0.15, -0.1) is 11.8 Å². The summed E-state index contributed by atoms with van der Waals surface area (Å²) in [4.78, 5) is 27.0. The van der Waals surface area contributed by atoms with Crippen LogP contribution in [-0.2, 0) is 21.8 Å². The van der Waals surface area contributed by atoms with E-state index in [1.165, 1.54) is 0 Å². The number of hydrogen-bond acceptors (Lipinski definition) is 4. The van der Waals surface area contributed by atoms with Gasteiger partial charge in [-0.25, -0.2) is 0 Å². The molecule has 0 saturated carbocycles. The number of carbonyl (C=O) groups is 2. The fraction of sp³-hybridized carbons (Fsp3) is 0.391. The number of hydrogen-bond donors (Lipinski definition) is 1. The Morgan fingerprint density at radius 3 is 2.34 bits per heavy atom. The third kappa shape index (κ3) is 7.13. The molecule has 5 nitrogen and oxygen atoms in total. The van der Waals surface area contributed by atoms with Gasteiger partial charge in [-0.3, -0.25) is 9.59 Å². The highest BCUT2D eigenvalue weighted by Crippen LogP contribution is 2.18. The van der Waals surface area contributed by atoms with Crippen LogP contribution in [0.1, 0.15) is 24.5 Å². The molecular weight excluding hydrogens is 384 g/mol. The first kappa shape index (κ1) is 22.8. The molecule has 1 atom stereocenters. The van der Waals surface area contributed by atoms with Crippen LogP contribution in [0, 0.1) is 0 Å². The summed E-state index contributed by atoms with van der Waals surface area (Å²) in [7, 11) is 3.26. The molecule has 0 aliphatic heterocycles. The van der Waals surface area contributed by atoms with E-state index >= 15 is 0 Å².